The SMILES string of the molecule is O=C(c1ccccc1)C(F)(F)C(O)c1cccc(F)c1. The number of aliphatic hydroxyl groups excluding tert-OH is 1. The lowest BCUT2D eigenvalue weighted by atomic mass is 9.96. The van der Waals surface area contributed by atoms with E-state index in [2.05, 4.69) is 0 Å². The zero-order valence-corrected chi connectivity index (χ0v) is 10.3. The highest BCUT2D eigenvalue weighted by Gasteiger charge is 2.47. The second-order valence-corrected chi connectivity index (χ2v) is 4.28. The van der Waals surface area contributed by atoms with Crippen LogP contribution in [-0.4, -0.2) is 16.8 Å². The number of halogens is 3. The molecule has 0 amide bonds. The van der Waals surface area contributed by atoms with Crippen LogP contribution in [0.3, 0.4) is 0 Å². The van der Waals surface area contributed by atoms with E-state index in [-0.39, 0.29) is 11.1 Å². The summed E-state index contributed by atoms with van der Waals surface area (Å²) in [5.74, 6) is -6.30. The van der Waals surface area contributed by atoms with Crippen molar-refractivity contribution in [1.82, 2.24) is 0 Å². The summed E-state index contributed by atoms with van der Waals surface area (Å²) < 4.78 is 41.0. The molecule has 0 aliphatic carbocycles. The van der Waals surface area contributed by atoms with E-state index in [1.165, 1.54) is 30.3 Å². The minimum absolute atomic E-state index is 0.215. The van der Waals surface area contributed by atoms with Gasteiger partial charge in [-0.3, -0.25) is 4.79 Å². The number of ketones is 1. The molecule has 5 heteroatoms. The number of rotatable bonds is 4. The molecule has 1 N–H and O–H groups in total. The largest absolute Gasteiger partial charge is 0.382 e. The Hall–Kier alpha value is -2.14. The van der Waals surface area contributed by atoms with Crippen LogP contribution in [0.1, 0.15) is 22.0 Å². The average Bonchev–Trinajstić information content (AvgIpc) is 2.46. The molecule has 104 valence electrons. The zero-order chi connectivity index (χ0) is 14.8. The van der Waals surface area contributed by atoms with E-state index >= 15 is 0 Å². The van der Waals surface area contributed by atoms with Crippen molar-refractivity contribution in [2.75, 3.05) is 0 Å². The molecule has 0 saturated heterocycles. The van der Waals surface area contributed by atoms with Crippen LogP contribution in [0.25, 0.3) is 0 Å². The van der Waals surface area contributed by atoms with Gasteiger partial charge in [0.05, 0.1) is 0 Å². The van der Waals surface area contributed by atoms with Gasteiger partial charge < -0.3 is 5.11 Å². The Bertz CT molecular complexity index is 612. The summed E-state index contributed by atoms with van der Waals surface area (Å²) in [5, 5.41) is 9.67. The Labute approximate surface area is 113 Å². The van der Waals surface area contributed by atoms with Crippen molar-refractivity contribution in [3.8, 4) is 0 Å². The molecule has 2 aromatic rings. The molecule has 0 heterocycles. The first-order chi connectivity index (χ1) is 9.43. The second-order valence-electron chi connectivity index (χ2n) is 4.28. The van der Waals surface area contributed by atoms with Crippen LogP contribution in [0.15, 0.2) is 54.6 Å². The Morgan fingerprint density at radius 3 is 2.30 bits per heavy atom. The van der Waals surface area contributed by atoms with E-state index < -0.39 is 23.6 Å². The molecule has 2 nitrogen and oxygen atoms in total. The van der Waals surface area contributed by atoms with Crippen LogP contribution in [0.5, 0.6) is 0 Å². The van der Waals surface area contributed by atoms with Crippen LogP contribution < -0.4 is 0 Å². The first-order valence-corrected chi connectivity index (χ1v) is 5.84. The molecular weight excluding hydrogens is 269 g/mol. The van der Waals surface area contributed by atoms with E-state index in [1.54, 1.807) is 6.07 Å². The van der Waals surface area contributed by atoms with Crippen LogP contribution >= 0.6 is 0 Å². The minimum Gasteiger partial charge on any atom is -0.382 e. The molecule has 0 aromatic heterocycles. The fraction of sp³-hybridized carbons (Fsp3) is 0.133. The topological polar surface area (TPSA) is 37.3 Å². The van der Waals surface area contributed by atoms with Crippen molar-refractivity contribution in [2.24, 2.45) is 0 Å². The molecule has 0 aliphatic rings. The third-order valence-corrected chi connectivity index (χ3v) is 2.85. The molecule has 0 fully saturated rings. The molecule has 20 heavy (non-hydrogen) atoms. The number of hydrogen-bond acceptors (Lipinski definition) is 2. The second kappa shape index (κ2) is 5.46. The fourth-order valence-electron chi connectivity index (χ4n) is 1.79. The summed E-state index contributed by atoms with van der Waals surface area (Å²) in [5.41, 5.74) is -0.563. The number of benzene rings is 2. The molecule has 0 spiro atoms. The first kappa shape index (κ1) is 14.3. The number of carbonyl (C=O) groups excluding carboxylic acids is 1. The summed E-state index contributed by atoms with van der Waals surface area (Å²) in [7, 11) is 0. The maximum atomic E-state index is 14.0. The van der Waals surface area contributed by atoms with Gasteiger partial charge in [-0.05, 0) is 17.7 Å². The number of aliphatic hydroxyl groups is 1. The highest BCUT2D eigenvalue weighted by atomic mass is 19.3. The standard InChI is InChI=1S/C15H11F3O2/c16-12-8-4-7-11(9-12)14(20)15(17,18)13(19)10-5-2-1-3-6-10/h1-9,14,20H. The molecular formula is C15H11F3O2. The number of alkyl halides is 2. The highest BCUT2D eigenvalue weighted by molar-refractivity contribution is 6.01. The zero-order valence-electron chi connectivity index (χ0n) is 10.3. The van der Waals surface area contributed by atoms with Gasteiger partial charge >= 0.3 is 5.92 Å². The lowest BCUT2D eigenvalue weighted by Gasteiger charge is -2.21. The van der Waals surface area contributed by atoms with Gasteiger partial charge in [-0.1, -0.05) is 42.5 Å². The molecule has 0 aliphatic heterocycles. The van der Waals surface area contributed by atoms with E-state index in [0.29, 0.717) is 0 Å². The average molecular weight is 280 g/mol. The Morgan fingerprint density at radius 2 is 1.70 bits per heavy atom. The van der Waals surface area contributed by atoms with Gasteiger partial charge in [0, 0.05) is 5.56 Å². The summed E-state index contributed by atoms with van der Waals surface area (Å²) in [6.45, 7) is 0. The van der Waals surface area contributed by atoms with Crippen LogP contribution in [0.4, 0.5) is 13.2 Å². The van der Waals surface area contributed by atoms with Crippen molar-refractivity contribution in [1.29, 1.82) is 0 Å². The summed E-state index contributed by atoms with van der Waals surface area (Å²) >= 11 is 0. The van der Waals surface area contributed by atoms with Gasteiger partial charge in [-0.2, -0.15) is 8.78 Å². The number of carbonyl (C=O) groups is 1. The maximum Gasteiger partial charge on any atom is 0.339 e. The lowest BCUT2D eigenvalue weighted by molar-refractivity contribution is -0.0793. The highest BCUT2D eigenvalue weighted by Crippen LogP contribution is 2.34. The number of Topliss-reactive ketones (excluding diaryl/α,β-unsaturated/α-hetero) is 1. The van der Waals surface area contributed by atoms with Gasteiger partial charge in [0.25, 0.3) is 0 Å². The molecule has 0 saturated carbocycles. The van der Waals surface area contributed by atoms with Crippen molar-refractivity contribution < 1.29 is 23.1 Å². The molecule has 1 atom stereocenters. The normalized spacial score (nSPS) is 13.0. The Morgan fingerprint density at radius 1 is 1.05 bits per heavy atom. The van der Waals surface area contributed by atoms with Crippen molar-refractivity contribution in [2.45, 2.75) is 12.0 Å². The Kier molecular flexibility index (Phi) is 3.90. The number of hydrogen-bond donors (Lipinski definition) is 1. The van der Waals surface area contributed by atoms with Gasteiger partial charge in [0.15, 0.2) is 6.10 Å². The monoisotopic (exact) mass is 280 g/mol. The van der Waals surface area contributed by atoms with Crippen molar-refractivity contribution in [3.05, 3.63) is 71.5 Å². The van der Waals surface area contributed by atoms with Crippen molar-refractivity contribution >= 4 is 5.78 Å². The predicted octanol–water partition coefficient (Wildman–Crippen LogP) is 3.38. The van der Waals surface area contributed by atoms with Gasteiger partial charge in [0.1, 0.15) is 5.82 Å². The van der Waals surface area contributed by atoms with Gasteiger partial charge in [-0.15, -0.1) is 0 Å². The van der Waals surface area contributed by atoms with E-state index in [1.807, 2.05) is 0 Å². The molecule has 2 aromatic carbocycles. The van der Waals surface area contributed by atoms with E-state index in [0.717, 1.165) is 18.2 Å². The molecule has 2 rings (SSSR count). The third kappa shape index (κ3) is 2.72. The van der Waals surface area contributed by atoms with E-state index in [4.69, 9.17) is 0 Å². The third-order valence-electron chi connectivity index (χ3n) is 2.85. The van der Waals surface area contributed by atoms with Gasteiger partial charge in [-0.25, -0.2) is 4.39 Å². The maximum absolute atomic E-state index is 14.0. The Balaban J connectivity index is 2.32. The summed E-state index contributed by atoms with van der Waals surface area (Å²) in [6, 6.07) is 11.1. The quantitative estimate of drug-likeness (QED) is 0.872. The lowest BCUT2D eigenvalue weighted by Crippen LogP contribution is -2.36. The van der Waals surface area contributed by atoms with E-state index in [9.17, 15) is 23.1 Å². The van der Waals surface area contributed by atoms with Gasteiger partial charge in [0.2, 0.25) is 5.78 Å². The minimum atomic E-state index is -4.03. The first-order valence-electron chi connectivity index (χ1n) is 5.84. The fourth-order valence-corrected chi connectivity index (χ4v) is 1.79. The summed E-state index contributed by atoms with van der Waals surface area (Å²) in [4.78, 5) is 11.8. The van der Waals surface area contributed by atoms with Crippen LogP contribution in [-0.2, 0) is 0 Å². The smallest absolute Gasteiger partial charge is 0.339 e. The molecule has 0 bridgehead atoms. The van der Waals surface area contributed by atoms with Crippen molar-refractivity contribution in [3.63, 3.8) is 0 Å². The summed E-state index contributed by atoms with van der Waals surface area (Å²) in [6.07, 6.45) is -2.40. The van der Waals surface area contributed by atoms with Crippen LogP contribution in [0.2, 0.25) is 0 Å². The predicted molar refractivity (Wildman–Crippen MR) is 67.1 cm³/mol. The molecule has 0 radical (unpaired) electrons. The van der Waals surface area contributed by atoms with Crippen LogP contribution in [0, 0.1) is 5.82 Å². The molecule has 1 unspecified atom stereocenters.